The molecule has 170 valence electrons. The summed E-state index contributed by atoms with van der Waals surface area (Å²) in [6.45, 7) is 9.01. The molecule has 2 aromatic heterocycles. The third-order valence-electron chi connectivity index (χ3n) is 6.01. The molecule has 3 aromatic rings. The summed E-state index contributed by atoms with van der Waals surface area (Å²) >= 11 is 1.32. The minimum atomic E-state index is -3.79. The zero-order valence-corrected chi connectivity index (χ0v) is 20.7. The highest BCUT2D eigenvalue weighted by atomic mass is 32.2. The Kier molecular flexibility index (Phi) is 5.89. The number of hydrogen-bond acceptors (Lipinski definition) is 5. The minimum Gasteiger partial charge on any atom is -0.345 e. The normalized spacial score (nSPS) is 14.2. The van der Waals surface area contributed by atoms with E-state index >= 15 is 0 Å². The molecular weight excluding hydrogens is 444 g/mol. The van der Waals surface area contributed by atoms with Crippen molar-refractivity contribution in [3.05, 3.63) is 51.7 Å². The number of amides is 1. The first-order chi connectivity index (χ1) is 15.1. The molecule has 32 heavy (non-hydrogen) atoms. The third-order valence-corrected chi connectivity index (χ3v) is 8.66. The molecular formula is C23H28N4O3S2. The zero-order valence-electron chi connectivity index (χ0n) is 19.0. The summed E-state index contributed by atoms with van der Waals surface area (Å²) in [6, 6.07) is 7.25. The van der Waals surface area contributed by atoms with E-state index in [1.165, 1.54) is 11.3 Å². The van der Waals surface area contributed by atoms with Crippen molar-refractivity contribution in [3.8, 4) is 10.7 Å². The second kappa shape index (κ2) is 8.37. The molecule has 1 N–H and O–H groups in total. The zero-order chi connectivity index (χ0) is 23.2. The number of sulfonamides is 1. The van der Waals surface area contributed by atoms with E-state index in [1.807, 2.05) is 49.4 Å². The number of anilines is 1. The first-order valence-corrected chi connectivity index (χ1v) is 12.9. The van der Waals surface area contributed by atoms with Crippen LogP contribution < -0.4 is 4.72 Å². The molecule has 1 amide bonds. The van der Waals surface area contributed by atoms with E-state index in [-0.39, 0.29) is 10.8 Å². The monoisotopic (exact) mass is 472 g/mol. The molecule has 0 unspecified atom stereocenters. The van der Waals surface area contributed by atoms with Crippen molar-refractivity contribution in [2.24, 2.45) is 7.05 Å². The Hall–Kier alpha value is -2.65. The van der Waals surface area contributed by atoms with Crippen LogP contribution in [0.4, 0.5) is 5.69 Å². The van der Waals surface area contributed by atoms with E-state index in [9.17, 15) is 13.2 Å². The maximum Gasteiger partial charge on any atom is 0.265 e. The average Bonchev–Trinajstić information content (AvgIpc) is 3.45. The Morgan fingerprint density at radius 2 is 1.78 bits per heavy atom. The smallest absolute Gasteiger partial charge is 0.265 e. The average molecular weight is 473 g/mol. The van der Waals surface area contributed by atoms with E-state index < -0.39 is 10.0 Å². The van der Waals surface area contributed by atoms with Crippen LogP contribution in [0, 0.1) is 27.7 Å². The molecule has 0 radical (unpaired) electrons. The van der Waals surface area contributed by atoms with Gasteiger partial charge in [0.05, 0.1) is 17.1 Å². The fourth-order valence-electron chi connectivity index (χ4n) is 4.04. The van der Waals surface area contributed by atoms with Crippen molar-refractivity contribution in [3.63, 3.8) is 0 Å². The van der Waals surface area contributed by atoms with Crippen molar-refractivity contribution >= 4 is 33.0 Å². The van der Waals surface area contributed by atoms with Crippen LogP contribution in [0.1, 0.15) is 45.0 Å². The quantitative estimate of drug-likeness (QED) is 0.596. The highest BCUT2D eigenvalue weighted by Gasteiger charge is 2.27. The molecule has 4 rings (SSSR count). The molecule has 0 saturated carbocycles. The number of thiazole rings is 1. The maximum absolute atomic E-state index is 13.2. The summed E-state index contributed by atoms with van der Waals surface area (Å²) in [6.07, 6.45) is 2.06. The van der Waals surface area contributed by atoms with Crippen LogP contribution in [0.25, 0.3) is 10.7 Å². The second-order valence-electron chi connectivity index (χ2n) is 8.39. The van der Waals surface area contributed by atoms with Gasteiger partial charge in [0, 0.05) is 25.8 Å². The number of carbonyl (C=O) groups excluding carboxylic acids is 1. The maximum atomic E-state index is 13.2. The predicted octanol–water partition coefficient (Wildman–Crippen LogP) is 4.42. The van der Waals surface area contributed by atoms with Gasteiger partial charge in [-0.2, -0.15) is 0 Å². The SMILES string of the molecule is Cc1ccc(NS(=O)(=O)c2cc(-c3nc(C)c(C(=O)N4CCCC4)s3)n(C)c2C)c(C)c1. The summed E-state index contributed by atoms with van der Waals surface area (Å²) in [5.41, 5.74) is 4.46. The lowest BCUT2D eigenvalue weighted by Crippen LogP contribution is -2.27. The largest absolute Gasteiger partial charge is 0.345 e. The number of carbonyl (C=O) groups is 1. The lowest BCUT2D eigenvalue weighted by atomic mass is 10.1. The van der Waals surface area contributed by atoms with Gasteiger partial charge in [-0.3, -0.25) is 9.52 Å². The number of benzene rings is 1. The molecule has 1 aliphatic rings. The van der Waals surface area contributed by atoms with Crippen LogP contribution in [0.15, 0.2) is 29.2 Å². The third kappa shape index (κ3) is 4.06. The molecule has 1 aromatic carbocycles. The van der Waals surface area contributed by atoms with Crippen LogP contribution in [-0.4, -0.2) is 41.9 Å². The lowest BCUT2D eigenvalue weighted by Gasteiger charge is -2.13. The van der Waals surface area contributed by atoms with E-state index in [4.69, 9.17) is 0 Å². The van der Waals surface area contributed by atoms with Crippen LogP contribution in [0.3, 0.4) is 0 Å². The first kappa shape index (κ1) is 22.5. The van der Waals surface area contributed by atoms with Crippen LogP contribution in [0.2, 0.25) is 0 Å². The highest BCUT2D eigenvalue weighted by molar-refractivity contribution is 7.92. The molecule has 1 aliphatic heterocycles. The van der Waals surface area contributed by atoms with E-state index in [1.54, 1.807) is 19.1 Å². The molecule has 7 nitrogen and oxygen atoms in total. The fraction of sp³-hybridized carbons (Fsp3) is 0.391. The molecule has 9 heteroatoms. The van der Waals surface area contributed by atoms with Crippen molar-refractivity contribution in [1.82, 2.24) is 14.5 Å². The summed E-state index contributed by atoms with van der Waals surface area (Å²) in [7, 11) is -1.97. The van der Waals surface area contributed by atoms with Gasteiger partial charge >= 0.3 is 0 Å². The molecule has 3 heterocycles. The number of aryl methyl sites for hydroxylation is 3. The predicted molar refractivity (Wildman–Crippen MR) is 128 cm³/mol. The van der Waals surface area contributed by atoms with Crippen molar-refractivity contribution in [1.29, 1.82) is 0 Å². The van der Waals surface area contributed by atoms with Gasteiger partial charge in [0.2, 0.25) is 0 Å². The van der Waals surface area contributed by atoms with E-state index in [0.717, 1.165) is 37.1 Å². The second-order valence-corrected chi connectivity index (χ2v) is 11.0. The Labute approximate surface area is 193 Å². The summed E-state index contributed by atoms with van der Waals surface area (Å²) in [4.78, 5) is 20.2. The van der Waals surface area contributed by atoms with Crippen molar-refractivity contribution < 1.29 is 13.2 Å². The van der Waals surface area contributed by atoms with Gasteiger partial charge in [0.1, 0.15) is 14.8 Å². The number of nitrogens with one attached hydrogen (secondary N) is 1. The fourth-order valence-corrected chi connectivity index (χ4v) is 6.55. The molecule has 0 spiro atoms. The number of nitrogens with zero attached hydrogens (tertiary/aromatic N) is 3. The Morgan fingerprint density at radius 1 is 1.09 bits per heavy atom. The standard InChI is InChI=1S/C23H28N4O3S2/c1-14-8-9-18(15(2)12-14)25-32(29,30)20-13-19(26(5)17(20)4)22-24-16(3)21(31-22)23(28)27-10-6-7-11-27/h8-9,12-13,25H,6-7,10-11H2,1-5H3. The molecule has 0 atom stereocenters. The summed E-state index contributed by atoms with van der Waals surface area (Å²) in [5.74, 6) is 0.0130. The van der Waals surface area contributed by atoms with Gasteiger partial charge in [-0.15, -0.1) is 11.3 Å². The molecule has 1 fully saturated rings. The minimum absolute atomic E-state index is 0.0130. The van der Waals surface area contributed by atoms with Gasteiger partial charge in [-0.25, -0.2) is 13.4 Å². The topological polar surface area (TPSA) is 84.3 Å². The summed E-state index contributed by atoms with van der Waals surface area (Å²) in [5, 5.41) is 0.642. The van der Waals surface area contributed by atoms with E-state index in [0.29, 0.717) is 32.7 Å². The molecule has 0 bridgehead atoms. The van der Waals surface area contributed by atoms with Crippen LogP contribution in [0.5, 0.6) is 0 Å². The Bertz CT molecular complexity index is 1300. The molecule has 0 aliphatic carbocycles. The van der Waals surface area contributed by atoms with Crippen molar-refractivity contribution in [2.45, 2.75) is 45.4 Å². The van der Waals surface area contributed by atoms with E-state index in [2.05, 4.69) is 9.71 Å². The van der Waals surface area contributed by atoms with Gasteiger partial charge in [0.25, 0.3) is 15.9 Å². The highest BCUT2D eigenvalue weighted by Crippen LogP contribution is 2.34. The number of likely N-dealkylation sites (tertiary alicyclic amines) is 1. The lowest BCUT2D eigenvalue weighted by molar-refractivity contribution is 0.0796. The Balaban J connectivity index is 1.68. The van der Waals surface area contributed by atoms with Gasteiger partial charge < -0.3 is 9.47 Å². The Morgan fingerprint density at radius 3 is 2.44 bits per heavy atom. The summed E-state index contributed by atoms with van der Waals surface area (Å²) < 4.78 is 31.0. The molecule has 1 saturated heterocycles. The van der Waals surface area contributed by atoms with Crippen molar-refractivity contribution in [2.75, 3.05) is 17.8 Å². The van der Waals surface area contributed by atoms with Gasteiger partial charge in [0.15, 0.2) is 0 Å². The first-order valence-electron chi connectivity index (χ1n) is 10.6. The number of aromatic nitrogens is 2. The number of hydrogen-bond donors (Lipinski definition) is 1. The number of rotatable bonds is 5. The van der Waals surface area contributed by atoms with Crippen LogP contribution in [-0.2, 0) is 17.1 Å². The van der Waals surface area contributed by atoms with Gasteiger partial charge in [-0.05, 0) is 58.2 Å². The van der Waals surface area contributed by atoms with Gasteiger partial charge in [-0.1, -0.05) is 17.7 Å². The van der Waals surface area contributed by atoms with Crippen LogP contribution >= 0.6 is 11.3 Å².